The molecule has 7 nitrogen and oxygen atoms in total. The summed E-state index contributed by atoms with van der Waals surface area (Å²) >= 11 is 0. The molecule has 2 aromatic rings. The summed E-state index contributed by atoms with van der Waals surface area (Å²) in [6.45, 7) is 5.85. The molecule has 0 radical (unpaired) electrons. The maximum atomic E-state index is 11.9. The summed E-state index contributed by atoms with van der Waals surface area (Å²) in [6, 6.07) is 13.0. The molecule has 1 amide bonds. The quantitative estimate of drug-likeness (QED) is 0.486. The van der Waals surface area contributed by atoms with Crippen LogP contribution in [0.25, 0.3) is 6.08 Å². The lowest BCUT2D eigenvalue weighted by Crippen LogP contribution is -2.32. The van der Waals surface area contributed by atoms with Crippen LogP contribution in [0.1, 0.15) is 42.4 Å². The Labute approximate surface area is 189 Å². The lowest BCUT2D eigenvalue weighted by atomic mass is 10.1. The highest BCUT2D eigenvalue weighted by Crippen LogP contribution is 2.18. The lowest BCUT2D eigenvalue weighted by molar-refractivity contribution is -0.198. The van der Waals surface area contributed by atoms with Gasteiger partial charge in [-0.2, -0.15) is 0 Å². The molecule has 0 saturated carbocycles. The minimum absolute atomic E-state index is 0.319. The van der Waals surface area contributed by atoms with Gasteiger partial charge in [0.05, 0.1) is 0 Å². The summed E-state index contributed by atoms with van der Waals surface area (Å²) in [5, 5.41) is 3.52. The van der Waals surface area contributed by atoms with Crippen molar-refractivity contribution < 1.29 is 14.4 Å². The van der Waals surface area contributed by atoms with Crippen molar-refractivity contribution in [1.29, 1.82) is 0 Å². The van der Waals surface area contributed by atoms with E-state index in [0.29, 0.717) is 12.6 Å². The van der Waals surface area contributed by atoms with Crippen molar-refractivity contribution >= 4 is 17.8 Å². The number of anilines is 1. The first-order valence-corrected chi connectivity index (χ1v) is 11.4. The van der Waals surface area contributed by atoms with Crippen molar-refractivity contribution in [3.05, 3.63) is 65.4 Å². The maximum absolute atomic E-state index is 11.9. The zero-order valence-corrected chi connectivity index (χ0v) is 18.6. The van der Waals surface area contributed by atoms with Gasteiger partial charge in [-0.25, -0.2) is 15.3 Å². The Hall–Kier alpha value is -2.74. The van der Waals surface area contributed by atoms with Gasteiger partial charge in [-0.05, 0) is 55.5 Å². The van der Waals surface area contributed by atoms with Gasteiger partial charge in [0.25, 0.3) is 5.91 Å². The fourth-order valence-corrected chi connectivity index (χ4v) is 3.98. The Morgan fingerprint density at radius 3 is 2.84 bits per heavy atom. The van der Waals surface area contributed by atoms with E-state index >= 15 is 0 Å². The largest absolute Gasteiger partial charge is 0.366 e. The molecule has 2 atom stereocenters. The normalized spacial score (nSPS) is 21.7. The predicted molar refractivity (Wildman–Crippen MR) is 125 cm³/mol. The first kappa shape index (κ1) is 22.5. The van der Waals surface area contributed by atoms with E-state index in [1.165, 1.54) is 17.2 Å². The third-order valence-electron chi connectivity index (χ3n) is 5.79. The molecule has 4 rings (SSSR count). The van der Waals surface area contributed by atoms with Crippen LogP contribution in [-0.4, -0.2) is 47.8 Å². The molecule has 0 aliphatic carbocycles. The molecule has 1 aromatic carbocycles. The monoisotopic (exact) mass is 436 g/mol. The minimum Gasteiger partial charge on any atom is -0.366 e. The first-order chi connectivity index (χ1) is 15.6. The average molecular weight is 437 g/mol. The SMILES string of the molecule is Cc1ccc(CN2CC[C@@H](Nc3ccc(/C=C/C(=O)NOC4CCCCO4)cn3)C2)cc1. The summed E-state index contributed by atoms with van der Waals surface area (Å²) in [4.78, 5) is 24.2. The molecule has 3 heterocycles. The first-order valence-electron chi connectivity index (χ1n) is 11.4. The second-order valence-electron chi connectivity index (χ2n) is 8.54. The number of aromatic nitrogens is 1. The minimum atomic E-state index is -0.350. The van der Waals surface area contributed by atoms with E-state index in [-0.39, 0.29) is 12.2 Å². The number of likely N-dealkylation sites (tertiary alicyclic amines) is 1. The number of carbonyl (C=O) groups is 1. The predicted octanol–water partition coefficient (Wildman–Crippen LogP) is 3.66. The third-order valence-corrected chi connectivity index (χ3v) is 5.79. The van der Waals surface area contributed by atoms with Crippen LogP contribution in [0.4, 0.5) is 5.82 Å². The highest BCUT2D eigenvalue weighted by Gasteiger charge is 2.22. The van der Waals surface area contributed by atoms with Crippen LogP contribution in [0.2, 0.25) is 0 Å². The molecule has 32 heavy (non-hydrogen) atoms. The summed E-state index contributed by atoms with van der Waals surface area (Å²) in [6.07, 6.45) is 8.55. The van der Waals surface area contributed by atoms with Crippen LogP contribution in [0.3, 0.4) is 0 Å². The van der Waals surface area contributed by atoms with Gasteiger partial charge >= 0.3 is 0 Å². The van der Waals surface area contributed by atoms with Gasteiger partial charge in [-0.3, -0.25) is 9.69 Å². The number of hydroxylamine groups is 1. The van der Waals surface area contributed by atoms with Crippen LogP contribution >= 0.6 is 0 Å². The number of benzene rings is 1. The van der Waals surface area contributed by atoms with Crippen molar-refractivity contribution in [3.63, 3.8) is 0 Å². The summed E-state index contributed by atoms with van der Waals surface area (Å²) in [5.41, 5.74) is 5.92. The zero-order chi connectivity index (χ0) is 22.2. The van der Waals surface area contributed by atoms with Crippen molar-refractivity contribution in [2.45, 2.75) is 51.5 Å². The van der Waals surface area contributed by atoms with Crippen molar-refractivity contribution in [1.82, 2.24) is 15.4 Å². The molecule has 2 aliphatic heterocycles. The number of amides is 1. The van der Waals surface area contributed by atoms with E-state index in [1.807, 2.05) is 12.1 Å². The van der Waals surface area contributed by atoms with E-state index in [4.69, 9.17) is 9.57 Å². The molecule has 170 valence electrons. The van der Waals surface area contributed by atoms with Crippen molar-refractivity contribution in [2.24, 2.45) is 0 Å². The molecule has 0 bridgehead atoms. The molecular weight excluding hydrogens is 404 g/mol. The van der Waals surface area contributed by atoms with E-state index in [2.05, 4.69) is 51.9 Å². The highest BCUT2D eigenvalue weighted by atomic mass is 16.8. The van der Waals surface area contributed by atoms with E-state index in [0.717, 1.165) is 56.7 Å². The number of nitrogens with zero attached hydrogens (tertiary/aromatic N) is 2. The van der Waals surface area contributed by atoms with Gasteiger partial charge in [-0.15, -0.1) is 0 Å². The number of hydrogen-bond donors (Lipinski definition) is 2. The van der Waals surface area contributed by atoms with Crippen molar-refractivity contribution in [2.75, 3.05) is 25.0 Å². The van der Waals surface area contributed by atoms with Gasteiger partial charge in [0.15, 0.2) is 6.29 Å². The molecule has 7 heteroatoms. The van der Waals surface area contributed by atoms with Gasteiger partial charge in [0.2, 0.25) is 0 Å². The van der Waals surface area contributed by atoms with Crippen LogP contribution < -0.4 is 10.8 Å². The topological polar surface area (TPSA) is 75.7 Å². The summed E-state index contributed by atoms with van der Waals surface area (Å²) < 4.78 is 5.42. The van der Waals surface area contributed by atoms with E-state index in [9.17, 15) is 4.79 Å². The Morgan fingerprint density at radius 2 is 2.09 bits per heavy atom. The summed E-state index contributed by atoms with van der Waals surface area (Å²) in [5.74, 6) is 0.535. The molecule has 0 spiro atoms. The number of ether oxygens (including phenoxy) is 1. The number of carbonyl (C=O) groups excluding carboxylic acids is 1. The fourth-order valence-electron chi connectivity index (χ4n) is 3.98. The van der Waals surface area contributed by atoms with Gasteiger partial charge in [0.1, 0.15) is 5.82 Å². The van der Waals surface area contributed by atoms with Crippen LogP contribution in [0, 0.1) is 6.92 Å². The summed E-state index contributed by atoms with van der Waals surface area (Å²) in [7, 11) is 0. The second-order valence-corrected chi connectivity index (χ2v) is 8.54. The molecule has 1 unspecified atom stereocenters. The Morgan fingerprint density at radius 1 is 1.22 bits per heavy atom. The van der Waals surface area contributed by atoms with Crippen LogP contribution in [0.5, 0.6) is 0 Å². The molecule has 2 N–H and O–H groups in total. The molecular formula is C25H32N4O3. The number of nitrogens with one attached hydrogen (secondary N) is 2. The van der Waals surface area contributed by atoms with Gasteiger partial charge < -0.3 is 10.1 Å². The fraction of sp³-hybridized carbons (Fsp3) is 0.440. The van der Waals surface area contributed by atoms with Crippen LogP contribution in [-0.2, 0) is 20.9 Å². The molecule has 1 aromatic heterocycles. The smallest absolute Gasteiger partial charge is 0.267 e. The third kappa shape index (κ3) is 6.88. The molecule has 2 aliphatic rings. The van der Waals surface area contributed by atoms with Gasteiger partial charge in [-0.1, -0.05) is 29.8 Å². The Balaban J connectivity index is 1.19. The van der Waals surface area contributed by atoms with Crippen LogP contribution in [0.15, 0.2) is 48.7 Å². The van der Waals surface area contributed by atoms with Gasteiger partial charge in [0, 0.05) is 51.0 Å². The maximum Gasteiger partial charge on any atom is 0.267 e. The second kappa shape index (κ2) is 11.2. The van der Waals surface area contributed by atoms with E-state index < -0.39 is 0 Å². The number of hydrogen-bond acceptors (Lipinski definition) is 6. The average Bonchev–Trinajstić information content (AvgIpc) is 3.26. The van der Waals surface area contributed by atoms with E-state index in [1.54, 1.807) is 12.3 Å². The zero-order valence-electron chi connectivity index (χ0n) is 18.6. The number of rotatable bonds is 8. The highest BCUT2D eigenvalue weighted by molar-refractivity contribution is 5.90. The lowest BCUT2D eigenvalue weighted by Gasteiger charge is -2.21. The standard InChI is InChI=1S/C25H32N4O3/c1-19-5-7-21(8-6-19)17-29-14-13-22(18-29)27-23-11-9-20(16-26-23)10-12-24(30)28-32-25-4-2-3-15-31-25/h5-12,16,22,25H,2-4,13-15,17-18H2,1H3,(H,26,27)(H,28,30)/b12-10+/t22-,25?/m1/s1. The number of pyridine rings is 1. The number of aryl methyl sites for hydroxylation is 1. The van der Waals surface area contributed by atoms with Crippen molar-refractivity contribution in [3.8, 4) is 0 Å². The molecule has 2 saturated heterocycles. The molecule has 2 fully saturated rings. The Bertz CT molecular complexity index is 892. The Kier molecular flexibility index (Phi) is 7.87.